The van der Waals surface area contributed by atoms with Crippen LogP contribution in [0.2, 0.25) is 0 Å². The summed E-state index contributed by atoms with van der Waals surface area (Å²) in [6, 6.07) is 6.22. The lowest BCUT2D eigenvalue weighted by Crippen LogP contribution is -2.15. The highest BCUT2D eigenvalue weighted by Crippen LogP contribution is 2.18. The van der Waals surface area contributed by atoms with Crippen LogP contribution >= 0.6 is 0 Å². The lowest BCUT2D eigenvalue weighted by Gasteiger charge is -2.09. The van der Waals surface area contributed by atoms with Crippen molar-refractivity contribution in [2.45, 2.75) is 11.8 Å². The second-order valence-corrected chi connectivity index (χ2v) is 6.06. The molecule has 2 aromatic rings. The van der Waals surface area contributed by atoms with Crippen molar-refractivity contribution in [3.8, 4) is 11.8 Å². The smallest absolute Gasteiger partial charge is 0.263 e. The number of aliphatic hydroxyl groups excluding tert-OH is 1. The predicted octanol–water partition coefficient (Wildman–Crippen LogP) is 0.873. The van der Waals surface area contributed by atoms with Crippen LogP contribution in [0.25, 0.3) is 0 Å². The third kappa shape index (κ3) is 3.42. The number of hydrogen-bond acceptors (Lipinski definition) is 4. The van der Waals surface area contributed by atoms with Crippen molar-refractivity contribution in [3.05, 3.63) is 41.6 Å². The molecular weight excluding hydrogens is 290 g/mol. The van der Waals surface area contributed by atoms with E-state index in [1.54, 1.807) is 32.2 Å². The summed E-state index contributed by atoms with van der Waals surface area (Å²) in [7, 11) is -2.02. The molecule has 7 heteroatoms. The maximum atomic E-state index is 12.3. The van der Waals surface area contributed by atoms with Crippen LogP contribution in [0.1, 0.15) is 11.1 Å². The molecule has 0 bridgehead atoms. The molecular formula is C14H15N3O3S. The number of aliphatic hydroxyl groups is 1. The Balaban J connectivity index is 2.33. The third-order valence-corrected chi connectivity index (χ3v) is 4.22. The largest absolute Gasteiger partial charge is 0.384 e. The summed E-state index contributed by atoms with van der Waals surface area (Å²) in [5.74, 6) is 5.69. The molecule has 0 saturated carbocycles. The first-order valence-electron chi connectivity index (χ1n) is 6.15. The zero-order chi connectivity index (χ0) is 15.5. The van der Waals surface area contributed by atoms with E-state index in [4.69, 9.17) is 5.11 Å². The molecule has 6 nitrogen and oxygen atoms in total. The highest BCUT2D eigenvalue weighted by Gasteiger charge is 2.16. The highest BCUT2D eigenvalue weighted by molar-refractivity contribution is 7.92. The summed E-state index contributed by atoms with van der Waals surface area (Å²) >= 11 is 0. The molecule has 1 aromatic carbocycles. The normalized spacial score (nSPS) is 10.8. The van der Waals surface area contributed by atoms with E-state index in [1.807, 2.05) is 0 Å². The fourth-order valence-electron chi connectivity index (χ4n) is 1.75. The van der Waals surface area contributed by atoms with Crippen molar-refractivity contribution in [1.82, 2.24) is 9.78 Å². The molecule has 1 aromatic heterocycles. The summed E-state index contributed by atoms with van der Waals surface area (Å²) in [4.78, 5) is 0.149. The standard InChI is InChI=1S/C14H15N3O3S/c1-11-10-13(6-5-12(11)4-3-9-18)21(19,20)16-14-7-8-15-17(14)2/h5-8,10,16,18H,9H2,1-2H3. The maximum Gasteiger partial charge on any atom is 0.263 e. The van der Waals surface area contributed by atoms with Crippen LogP contribution in [0.3, 0.4) is 0 Å². The van der Waals surface area contributed by atoms with Gasteiger partial charge in [0.25, 0.3) is 10.0 Å². The molecule has 0 atom stereocenters. The van der Waals surface area contributed by atoms with Gasteiger partial charge in [0.2, 0.25) is 0 Å². The Kier molecular flexibility index (Phi) is 4.31. The first-order valence-corrected chi connectivity index (χ1v) is 7.63. The molecule has 0 aliphatic rings. The molecule has 2 rings (SSSR count). The summed E-state index contributed by atoms with van der Waals surface area (Å²) in [6.07, 6.45) is 1.51. The van der Waals surface area contributed by atoms with Crippen LogP contribution in [-0.2, 0) is 17.1 Å². The molecule has 0 aliphatic heterocycles. The van der Waals surface area contributed by atoms with Gasteiger partial charge in [0.1, 0.15) is 12.4 Å². The van der Waals surface area contributed by atoms with Crippen molar-refractivity contribution in [1.29, 1.82) is 0 Å². The van der Waals surface area contributed by atoms with Gasteiger partial charge in [-0.2, -0.15) is 5.10 Å². The molecule has 2 N–H and O–H groups in total. The summed E-state index contributed by atoms with van der Waals surface area (Å²) < 4.78 is 28.5. The van der Waals surface area contributed by atoms with E-state index < -0.39 is 10.0 Å². The number of rotatable bonds is 3. The van der Waals surface area contributed by atoms with Gasteiger partial charge in [-0.25, -0.2) is 8.42 Å². The fourth-order valence-corrected chi connectivity index (χ4v) is 2.92. The zero-order valence-electron chi connectivity index (χ0n) is 11.7. The lowest BCUT2D eigenvalue weighted by molar-refractivity contribution is 0.350. The van der Waals surface area contributed by atoms with Crippen molar-refractivity contribution in [3.63, 3.8) is 0 Å². The van der Waals surface area contributed by atoms with Gasteiger partial charge in [0.15, 0.2) is 0 Å². The Labute approximate surface area is 123 Å². The van der Waals surface area contributed by atoms with Crippen molar-refractivity contribution in [2.75, 3.05) is 11.3 Å². The van der Waals surface area contributed by atoms with Gasteiger partial charge in [-0.05, 0) is 30.7 Å². The first-order chi connectivity index (χ1) is 9.94. The summed E-state index contributed by atoms with van der Waals surface area (Å²) in [5.41, 5.74) is 1.41. The number of benzene rings is 1. The van der Waals surface area contributed by atoms with Gasteiger partial charge >= 0.3 is 0 Å². The Morgan fingerprint density at radius 2 is 2.14 bits per heavy atom. The molecule has 0 spiro atoms. The Hall–Kier alpha value is -2.30. The second-order valence-electron chi connectivity index (χ2n) is 4.38. The molecule has 0 radical (unpaired) electrons. The quantitative estimate of drug-likeness (QED) is 0.824. The van der Waals surface area contributed by atoms with E-state index in [-0.39, 0.29) is 11.5 Å². The number of aryl methyl sites for hydroxylation is 2. The summed E-state index contributed by atoms with van der Waals surface area (Å²) in [5, 5.41) is 12.6. The number of nitrogens with zero attached hydrogens (tertiary/aromatic N) is 2. The van der Waals surface area contributed by atoms with E-state index in [9.17, 15) is 8.42 Å². The van der Waals surface area contributed by atoms with E-state index in [0.29, 0.717) is 11.4 Å². The minimum Gasteiger partial charge on any atom is -0.384 e. The van der Waals surface area contributed by atoms with Crippen molar-refractivity contribution >= 4 is 15.8 Å². The van der Waals surface area contributed by atoms with Crippen molar-refractivity contribution in [2.24, 2.45) is 7.05 Å². The van der Waals surface area contributed by atoms with Gasteiger partial charge in [-0.1, -0.05) is 11.8 Å². The van der Waals surface area contributed by atoms with Crippen LogP contribution in [0.4, 0.5) is 5.82 Å². The second kappa shape index (κ2) is 5.99. The van der Waals surface area contributed by atoms with Gasteiger partial charge in [0.05, 0.1) is 11.1 Å². The number of hydrogen-bond donors (Lipinski definition) is 2. The molecule has 0 saturated heterocycles. The van der Waals surface area contributed by atoms with Crippen molar-refractivity contribution < 1.29 is 13.5 Å². The van der Waals surface area contributed by atoms with Gasteiger partial charge in [-0.15, -0.1) is 0 Å². The highest BCUT2D eigenvalue weighted by atomic mass is 32.2. The van der Waals surface area contributed by atoms with Crippen LogP contribution in [-0.4, -0.2) is 29.9 Å². The minimum atomic E-state index is -3.67. The molecule has 0 fully saturated rings. The van der Waals surface area contributed by atoms with E-state index in [0.717, 1.165) is 5.56 Å². The monoisotopic (exact) mass is 305 g/mol. The predicted molar refractivity (Wildman–Crippen MR) is 79.2 cm³/mol. The lowest BCUT2D eigenvalue weighted by atomic mass is 10.1. The molecule has 0 aliphatic carbocycles. The first kappa shape index (κ1) is 15.1. The topological polar surface area (TPSA) is 84.2 Å². The van der Waals surface area contributed by atoms with E-state index in [2.05, 4.69) is 21.7 Å². The van der Waals surface area contributed by atoms with Gasteiger partial charge < -0.3 is 5.11 Å². The summed E-state index contributed by atoms with van der Waals surface area (Å²) in [6.45, 7) is 1.53. The van der Waals surface area contributed by atoms with E-state index >= 15 is 0 Å². The number of aromatic nitrogens is 2. The minimum absolute atomic E-state index is 0.149. The molecule has 21 heavy (non-hydrogen) atoms. The molecule has 110 valence electrons. The van der Waals surface area contributed by atoms with Crippen LogP contribution < -0.4 is 4.72 Å². The number of nitrogens with one attached hydrogen (secondary N) is 1. The van der Waals surface area contributed by atoms with Crippen LogP contribution in [0, 0.1) is 18.8 Å². The Morgan fingerprint density at radius 1 is 1.38 bits per heavy atom. The average molecular weight is 305 g/mol. The SMILES string of the molecule is Cc1cc(S(=O)(=O)Nc2ccnn2C)ccc1C#CCO. The van der Waals surface area contributed by atoms with Crippen LogP contribution in [0.5, 0.6) is 0 Å². The van der Waals surface area contributed by atoms with E-state index in [1.165, 1.54) is 16.9 Å². The molecule has 0 unspecified atom stereocenters. The molecule has 0 amide bonds. The maximum absolute atomic E-state index is 12.3. The van der Waals surface area contributed by atoms with Crippen LogP contribution in [0.15, 0.2) is 35.4 Å². The number of anilines is 1. The van der Waals surface area contributed by atoms with Gasteiger partial charge in [-0.3, -0.25) is 9.40 Å². The third-order valence-electron chi connectivity index (χ3n) is 2.87. The zero-order valence-corrected chi connectivity index (χ0v) is 12.5. The molecule has 1 heterocycles. The van der Waals surface area contributed by atoms with Gasteiger partial charge in [0, 0.05) is 18.7 Å². The number of sulfonamides is 1. The average Bonchev–Trinajstić information content (AvgIpc) is 2.82. The Bertz CT molecular complexity index is 813. The fraction of sp³-hybridized carbons (Fsp3) is 0.214. The Morgan fingerprint density at radius 3 is 2.71 bits per heavy atom.